The summed E-state index contributed by atoms with van der Waals surface area (Å²) in [6.45, 7) is 8.89. The normalized spacial score (nSPS) is 14.0. The maximum atomic E-state index is 11.4. The third-order valence-corrected chi connectivity index (χ3v) is 6.89. The number of aryl methyl sites for hydroxylation is 2. The molecule has 176 valence electrons. The molecule has 0 spiro atoms. The quantitative estimate of drug-likeness (QED) is 0.218. The Morgan fingerprint density at radius 3 is 1.61 bits per heavy atom. The maximum absolute atomic E-state index is 11.4. The van der Waals surface area contributed by atoms with Gasteiger partial charge in [-0.15, -0.1) is 0 Å². The van der Waals surface area contributed by atoms with Crippen LogP contribution >= 0.6 is 0 Å². The van der Waals surface area contributed by atoms with Gasteiger partial charge in [0.15, 0.2) is 0 Å². The van der Waals surface area contributed by atoms with Crippen molar-refractivity contribution in [1.29, 1.82) is 0 Å². The van der Waals surface area contributed by atoms with Gasteiger partial charge in [-0.3, -0.25) is 0 Å². The van der Waals surface area contributed by atoms with Gasteiger partial charge >= 0.3 is 0 Å². The summed E-state index contributed by atoms with van der Waals surface area (Å²) >= 11 is 0. The molecule has 0 aliphatic carbocycles. The van der Waals surface area contributed by atoms with Crippen LogP contribution in [0.2, 0.25) is 0 Å². The smallest absolute Gasteiger partial charge is 0.211 e. The van der Waals surface area contributed by atoms with Crippen LogP contribution in [-0.2, 0) is 12.8 Å². The fourth-order valence-electron chi connectivity index (χ4n) is 4.81. The van der Waals surface area contributed by atoms with Gasteiger partial charge in [-0.05, 0) is 80.8 Å². The highest BCUT2D eigenvalue weighted by atomic mass is 15.2. The van der Waals surface area contributed by atoms with E-state index >= 15 is 0 Å². The van der Waals surface area contributed by atoms with E-state index in [1.165, 1.54) is 65.5 Å². The van der Waals surface area contributed by atoms with E-state index in [4.69, 9.17) is 0 Å². The van der Waals surface area contributed by atoms with E-state index in [0.29, 0.717) is 0 Å². The lowest BCUT2D eigenvalue weighted by Gasteiger charge is -2.11. The zero-order valence-electron chi connectivity index (χ0n) is 21.3. The molecule has 2 aromatic rings. The van der Waals surface area contributed by atoms with E-state index in [1.54, 1.807) is 0 Å². The zero-order chi connectivity index (χ0) is 23.6. The van der Waals surface area contributed by atoms with Crippen LogP contribution in [0, 0.1) is 0 Å². The SMILES string of the molecule is CCCCCCc1ccc(C2=C(CCCC)C(C)=C(c3ccc(CCCC)cc3)[N+]2=[N-])cc1. The molecule has 0 radical (unpaired) electrons. The molecule has 0 saturated carbocycles. The van der Waals surface area contributed by atoms with Crippen LogP contribution in [0.3, 0.4) is 0 Å². The third kappa shape index (κ3) is 6.31. The van der Waals surface area contributed by atoms with Crippen LogP contribution in [0.25, 0.3) is 16.9 Å². The molecule has 0 unspecified atom stereocenters. The Hall–Kier alpha value is -2.48. The van der Waals surface area contributed by atoms with Crippen molar-refractivity contribution in [2.75, 3.05) is 0 Å². The molecule has 0 saturated heterocycles. The van der Waals surface area contributed by atoms with Crippen molar-refractivity contribution in [1.82, 2.24) is 0 Å². The summed E-state index contributed by atoms with van der Waals surface area (Å²) in [4.78, 5) is 0. The van der Waals surface area contributed by atoms with Crippen LogP contribution in [0.1, 0.15) is 108 Å². The van der Waals surface area contributed by atoms with Crippen molar-refractivity contribution < 1.29 is 4.70 Å². The lowest BCUT2D eigenvalue weighted by Crippen LogP contribution is -2.03. The summed E-state index contributed by atoms with van der Waals surface area (Å²) in [7, 11) is 0. The predicted molar refractivity (Wildman–Crippen MR) is 142 cm³/mol. The minimum Gasteiger partial charge on any atom is -0.493 e. The number of hydrogen-bond acceptors (Lipinski definition) is 0. The molecule has 33 heavy (non-hydrogen) atoms. The molecule has 0 atom stereocenters. The molecule has 0 aromatic heterocycles. The minimum atomic E-state index is 0.932. The largest absolute Gasteiger partial charge is 0.493 e. The molecule has 2 nitrogen and oxygen atoms in total. The van der Waals surface area contributed by atoms with Gasteiger partial charge in [-0.2, -0.15) is 0 Å². The Kier molecular flexibility index (Phi) is 9.66. The molecule has 1 aliphatic heterocycles. The van der Waals surface area contributed by atoms with Crippen LogP contribution in [0.15, 0.2) is 59.7 Å². The van der Waals surface area contributed by atoms with Gasteiger partial charge in [0.05, 0.1) is 0 Å². The first-order valence-electron chi connectivity index (χ1n) is 13.2. The Labute approximate surface area is 201 Å². The monoisotopic (exact) mass is 442 g/mol. The Morgan fingerprint density at radius 1 is 0.576 bits per heavy atom. The second-order valence-corrected chi connectivity index (χ2v) is 9.52. The Balaban J connectivity index is 1.85. The Morgan fingerprint density at radius 2 is 1.06 bits per heavy atom. The van der Waals surface area contributed by atoms with E-state index in [2.05, 4.69) is 76.2 Å². The van der Waals surface area contributed by atoms with E-state index in [0.717, 1.165) is 54.6 Å². The topological polar surface area (TPSA) is 25.3 Å². The zero-order valence-corrected chi connectivity index (χ0v) is 21.3. The number of benzene rings is 2. The lowest BCUT2D eigenvalue weighted by atomic mass is 9.96. The highest BCUT2D eigenvalue weighted by molar-refractivity contribution is 5.81. The van der Waals surface area contributed by atoms with Crippen molar-refractivity contribution in [3.05, 3.63) is 87.5 Å². The number of rotatable bonds is 13. The molecule has 3 rings (SSSR count). The van der Waals surface area contributed by atoms with Gasteiger partial charge in [0.25, 0.3) is 0 Å². The number of allylic oxidation sites excluding steroid dienone is 2. The molecule has 0 bridgehead atoms. The van der Waals surface area contributed by atoms with Gasteiger partial charge in [0, 0.05) is 22.3 Å². The van der Waals surface area contributed by atoms with E-state index < -0.39 is 0 Å². The molecular formula is C31H42N2. The van der Waals surface area contributed by atoms with Crippen LogP contribution in [0.5, 0.6) is 0 Å². The summed E-state index contributed by atoms with van der Waals surface area (Å²) in [5.74, 6) is 0. The van der Waals surface area contributed by atoms with Crippen molar-refractivity contribution in [2.45, 2.75) is 98.3 Å². The fraction of sp³-hybridized carbons (Fsp3) is 0.484. The highest BCUT2D eigenvalue weighted by Crippen LogP contribution is 2.42. The predicted octanol–water partition coefficient (Wildman–Crippen LogP) is 9.53. The molecule has 1 heterocycles. The van der Waals surface area contributed by atoms with E-state index in [9.17, 15) is 5.53 Å². The summed E-state index contributed by atoms with van der Waals surface area (Å²) in [6.07, 6.45) is 13.1. The molecule has 1 aliphatic rings. The summed E-state index contributed by atoms with van der Waals surface area (Å²) in [6, 6.07) is 17.7. The van der Waals surface area contributed by atoms with Gasteiger partial charge < -0.3 is 5.53 Å². The van der Waals surface area contributed by atoms with Gasteiger partial charge in [-0.25, -0.2) is 4.70 Å². The lowest BCUT2D eigenvalue weighted by molar-refractivity contribution is -0.345. The van der Waals surface area contributed by atoms with E-state index in [-0.39, 0.29) is 0 Å². The average Bonchev–Trinajstić information content (AvgIpc) is 3.09. The van der Waals surface area contributed by atoms with Crippen molar-refractivity contribution >= 4 is 11.4 Å². The summed E-state index contributed by atoms with van der Waals surface area (Å²) in [5, 5.41) is 0. The van der Waals surface area contributed by atoms with Crippen LogP contribution < -0.4 is 0 Å². The minimum absolute atomic E-state index is 0.932. The molecule has 2 heteroatoms. The average molecular weight is 443 g/mol. The molecule has 0 N–H and O–H groups in total. The third-order valence-electron chi connectivity index (χ3n) is 6.89. The number of nitrogens with zero attached hydrogens (tertiary/aromatic N) is 2. The molecule has 2 aromatic carbocycles. The Bertz CT molecular complexity index is 975. The first-order valence-corrected chi connectivity index (χ1v) is 13.2. The maximum Gasteiger partial charge on any atom is 0.211 e. The second kappa shape index (κ2) is 12.7. The summed E-state index contributed by atoms with van der Waals surface area (Å²) < 4.78 is 1.46. The second-order valence-electron chi connectivity index (χ2n) is 9.52. The van der Waals surface area contributed by atoms with Gasteiger partial charge in [-0.1, -0.05) is 77.1 Å². The highest BCUT2D eigenvalue weighted by Gasteiger charge is 2.33. The molecular weight excluding hydrogens is 400 g/mol. The van der Waals surface area contributed by atoms with Gasteiger partial charge in [0.2, 0.25) is 11.4 Å². The first kappa shape index (κ1) is 25.1. The van der Waals surface area contributed by atoms with Crippen molar-refractivity contribution in [3.63, 3.8) is 0 Å². The van der Waals surface area contributed by atoms with Gasteiger partial charge in [0.1, 0.15) is 0 Å². The van der Waals surface area contributed by atoms with E-state index in [1.807, 2.05) is 0 Å². The first-order chi connectivity index (χ1) is 16.1. The standard InChI is InChI=1S/C31H42N2/c1-5-8-11-12-14-26-18-22-28(23-19-26)31-29(15-10-7-3)24(4)30(33(31)32)27-20-16-25(17-21-27)13-9-6-2/h16-23H,5-15H2,1-4H3. The fourth-order valence-corrected chi connectivity index (χ4v) is 4.81. The molecule has 0 amide bonds. The van der Waals surface area contributed by atoms with Crippen molar-refractivity contribution in [2.24, 2.45) is 0 Å². The van der Waals surface area contributed by atoms with Crippen LogP contribution in [-0.4, -0.2) is 4.70 Å². The number of hydrogen-bond donors (Lipinski definition) is 0. The summed E-state index contributed by atoms with van der Waals surface area (Å²) in [5.41, 5.74) is 20.7. The number of unbranched alkanes of at least 4 members (excludes halogenated alkanes) is 5. The molecule has 0 fully saturated rings. The van der Waals surface area contributed by atoms with Crippen LogP contribution in [0.4, 0.5) is 0 Å². The van der Waals surface area contributed by atoms with Crippen molar-refractivity contribution in [3.8, 4) is 0 Å².